The van der Waals surface area contributed by atoms with Gasteiger partial charge in [0.15, 0.2) is 0 Å². The van der Waals surface area contributed by atoms with Crippen LogP contribution in [0, 0.1) is 12.3 Å². The number of nitrogens with zero attached hydrogens (tertiary/aromatic N) is 3. The van der Waals surface area contributed by atoms with E-state index in [4.69, 9.17) is 4.98 Å². The van der Waals surface area contributed by atoms with E-state index < -0.39 is 0 Å². The lowest BCUT2D eigenvalue weighted by molar-refractivity contribution is 0.478. The second-order valence-electron chi connectivity index (χ2n) is 11.0. The quantitative estimate of drug-likeness (QED) is 0.166. The number of rotatable bonds is 11. The van der Waals surface area contributed by atoms with Crippen molar-refractivity contribution in [1.82, 2.24) is 25.8 Å². The zero-order valence-electron chi connectivity index (χ0n) is 25.4. The van der Waals surface area contributed by atoms with E-state index in [-0.39, 0.29) is 5.41 Å². The number of aromatic nitrogens is 3. The van der Waals surface area contributed by atoms with Crippen LogP contribution < -0.4 is 10.6 Å². The zero-order chi connectivity index (χ0) is 30.3. The van der Waals surface area contributed by atoms with Gasteiger partial charge in [-0.25, -0.2) is 4.98 Å². The number of aromatic amines is 1. The molecule has 0 unspecified atom stereocenters. The summed E-state index contributed by atoms with van der Waals surface area (Å²) in [6.45, 7) is 30.6. The second kappa shape index (κ2) is 13.1. The number of fused-ring (bicyclic) bond motifs is 1. The standard InChI is InChI=1S/C35H42N6/c1-12-27(20-29(13-2)38-26(7)35(8,9)10)31-17-18-32-34(39-31)33(41-40-32)25(6)37-24(5)23(4)30(21-36-11)28-16-14-15-22(3)19-28/h12-21,37-38H,2,6-7,11H2,1,3-5,8-10H3,(H,40,41)/b24-23+,27-12+,29-20+,30-21+. The van der Waals surface area contributed by atoms with Crippen LogP contribution in [0.1, 0.15) is 64.1 Å². The average Bonchev–Trinajstić information content (AvgIpc) is 3.36. The number of aliphatic imine (C=N–C) groups is 1. The number of hydrogen-bond acceptors (Lipinski definition) is 5. The normalized spacial score (nSPS) is 13.5. The molecule has 41 heavy (non-hydrogen) atoms. The molecule has 0 saturated carbocycles. The smallest absolute Gasteiger partial charge is 0.134 e. The minimum Gasteiger partial charge on any atom is -0.359 e. The summed E-state index contributed by atoms with van der Waals surface area (Å²) >= 11 is 0. The Morgan fingerprint density at radius 2 is 1.80 bits per heavy atom. The van der Waals surface area contributed by atoms with Gasteiger partial charge < -0.3 is 10.6 Å². The van der Waals surface area contributed by atoms with Crippen LogP contribution in [0.2, 0.25) is 0 Å². The molecule has 212 valence electrons. The van der Waals surface area contributed by atoms with E-state index in [0.29, 0.717) is 11.4 Å². The first kappa shape index (κ1) is 30.8. The van der Waals surface area contributed by atoms with E-state index in [0.717, 1.165) is 56.1 Å². The van der Waals surface area contributed by atoms with Gasteiger partial charge in [0.05, 0.1) is 16.9 Å². The van der Waals surface area contributed by atoms with Gasteiger partial charge in [0, 0.05) is 34.3 Å². The fourth-order valence-electron chi connectivity index (χ4n) is 4.12. The van der Waals surface area contributed by atoms with Crippen molar-refractivity contribution in [2.24, 2.45) is 10.4 Å². The molecule has 0 amide bonds. The highest BCUT2D eigenvalue weighted by atomic mass is 15.1. The highest BCUT2D eigenvalue weighted by molar-refractivity contribution is 5.89. The molecule has 0 fully saturated rings. The molecule has 6 nitrogen and oxygen atoms in total. The van der Waals surface area contributed by atoms with Crippen molar-refractivity contribution in [3.8, 4) is 0 Å². The van der Waals surface area contributed by atoms with Crippen LogP contribution in [-0.2, 0) is 0 Å². The molecule has 0 aliphatic carbocycles. The maximum absolute atomic E-state index is 4.97. The summed E-state index contributed by atoms with van der Waals surface area (Å²) in [6.07, 6.45) is 7.61. The van der Waals surface area contributed by atoms with Crippen molar-refractivity contribution in [2.45, 2.75) is 48.5 Å². The number of H-pyrrole nitrogens is 1. The molecular formula is C35H42N6. The minimum atomic E-state index is -0.0852. The molecule has 3 rings (SSSR count). The molecule has 3 N–H and O–H groups in total. The van der Waals surface area contributed by atoms with E-state index >= 15 is 0 Å². The molecule has 0 radical (unpaired) electrons. The van der Waals surface area contributed by atoms with E-state index in [1.165, 1.54) is 5.56 Å². The third kappa shape index (κ3) is 7.48. The summed E-state index contributed by atoms with van der Waals surface area (Å²) in [5, 5.41) is 14.4. The molecule has 0 atom stereocenters. The van der Waals surface area contributed by atoms with Crippen molar-refractivity contribution in [1.29, 1.82) is 0 Å². The number of pyridine rings is 1. The van der Waals surface area contributed by atoms with Crippen LogP contribution in [0.3, 0.4) is 0 Å². The van der Waals surface area contributed by atoms with E-state index in [1.807, 2.05) is 44.2 Å². The Morgan fingerprint density at radius 1 is 1.07 bits per heavy atom. The Morgan fingerprint density at radius 3 is 2.41 bits per heavy atom. The highest BCUT2D eigenvalue weighted by Crippen LogP contribution is 2.28. The molecule has 6 heteroatoms. The molecule has 1 aromatic carbocycles. The predicted octanol–water partition coefficient (Wildman–Crippen LogP) is 8.48. The first-order valence-electron chi connectivity index (χ1n) is 13.6. The second-order valence-corrected chi connectivity index (χ2v) is 11.0. The van der Waals surface area contributed by atoms with E-state index in [1.54, 1.807) is 12.3 Å². The largest absolute Gasteiger partial charge is 0.359 e. The number of nitrogens with one attached hydrogen (secondary N) is 3. The van der Waals surface area contributed by atoms with Crippen molar-refractivity contribution in [3.63, 3.8) is 0 Å². The van der Waals surface area contributed by atoms with Gasteiger partial charge in [0.2, 0.25) is 0 Å². The summed E-state index contributed by atoms with van der Waals surface area (Å²) in [5.74, 6) is 0. The Hall–Kier alpha value is -4.71. The zero-order valence-corrected chi connectivity index (χ0v) is 25.4. The molecule has 3 aromatic rings. The Bertz CT molecular complexity index is 1620. The van der Waals surface area contributed by atoms with Gasteiger partial charge in [-0.15, -0.1) is 0 Å². The summed E-state index contributed by atoms with van der Waals surface area (Å²) in [6, 6.07) is 12.3. The topological polar surface area (TPSA) is 78.0 Å². The van der Waals surface area contributed by atoms with Crippen LogP contribution in [0.4, 0.5) is 0 Å². The predicted molar refractivity (Wildman–Crippen MR) is 177 cm³/mol. The van der Waals surface area contributed by atoms with Gasteiger partial charge in [-0.1, -0.05) is 76.4 Å². The summed E-state index contributed by atoms with van der Waals surface area (Å²) in [7, 11) is 0. The molecule has 0 aliphatic heterocycles. The summed E-state index contributed by atoms with van der Waals surface area (Å²) in [5.41, 5.74) is 11.5. The van der Waals surface area contributed by atoms with Crippen molar-refractivity contribution >= 4 is 34.6 Å². The van der Waals surface area contributed by atoms with E-state index in [9.17, 15) is 0 Å². The molecule has 2 aromatic heterocycles. The molecular weight excluding hydrogens is 504 g/mol. The van der Waals surface area contributed by atoms with E-state index in [2.05, 4.69) is 105 Å². The lowest BCUT2D eigenvalue weighted by Crippen LogP contribution is -2.22. The SMILES string of the molecule is C=C/C(=C\C(=C/C)c1ccc2[nH]nc(C(=C)N/C(C)=C(C)/C(=C\N=C)c3cccc(C)c3)c2n1)NC(=C)C(C)(C)C. The van der Waals surface area contributed by atoms with Crippen LogP contribution >= 0.6 is 0 Å². The van der Waals surface area contributed by atoms with Crippen LogP contribution in [-0.4, -0.2) is 21.9 Å². The maximum atomic E-state index is 4.97. The lowest BCUT2D eigenvalue weighted by Gasteiger charge is -2.23. The van der Waals surface area contributed by atoms with Gasteiger partial charge in [-0.2, -0.15) is 5.10 Å². The average molecular weight is 547 g/mol. The number of aryl methyl sites for hydroxylation is 1. The van der Waals surface area contributed by atoms with Crippen LogP contribution in [0.5, 0.6) is 0 Å². The van der Waals surface area contributed by atoms with Crippen molar-refractivity contribution in [2.75, 3.05) is 0 Å². The number of allylic oxidation sites excluding steroid dienone is 8. The molecule has 0 spiro atoms. The Balaban J connectivity index is 1.94. The van der Waals surface area contributed by atoms with Gasteiger partial charge in [-0.05, 0) is 75.4 Å². The molecule has 0 aliphatic rings. The minimum absolute atomic E-state index is 0.0852. The molecule has 2 heterocycles. The Kier molecular flexibility index (Phi) is 9.85. The van der Waals surface area contributed by atoms with Crippen molar-refractivity contribution in [3.05, 3.63) is 126 Å². The number of benzene rings is 1. The highest BCUT2D eigenvalue weighted by Gasteiger charge is 2.17. The maximum Gasteiger partial charge on any atom is 0.134 e. The third-order valence-electron chi connectivity index (χ3n) is 6.89. The number of hydrogen-bond donors (Lipinski definition) is 3. The molecule has 0 saturated heterocycles. The fourth-order valence-corrected chi connectivity index (χ4v) is 4.12. The van der Waals surface area contributed by atoms with Gasteiger partial charge >= 0.3 is 0 Å². The van der Waals surface area contributed by atoms with Gasteiger partial charge in [-0.3, -0.25) is 10.1 Å². The lowest BCUT2D eigenvalue weighted by atomic mass is 9.92. The first-order valence-corrected chi connectivity index (χ1v) is 13.6. The summed E-state index contributed by atoms with van der Waals surface area (Å²) < 4.78 is 0. The molecule has 0 bridgehead atoms. The third-order valence-corrected chi connectivity index (χ3v) is 6.89. The monoisotopic (exact) mass is 546 g/mol. The van der Waals surface area contributed by atoms with Crippen LogP contribution in [0.15, 0.2) is 108 Å². The first-order chi connectivity index (χ1) is 19.4. The van der Waals surface area contributed by atoms with Crippen molar-refractivity contribution < 1.29 is 0 Å². The van der Waals surface area contributed by atoms with Gasteiger partial charge in [0.1, 0.15) is 11.2 Å². The fraction of sp³-hybridized carbons (Fsp3) is 0.229. The van der Waals surface area contributed by atoms with Gasteiger partial charge in [0.25, 0.3) is 0 Å². The van der Waals surface area contributed by atoms with Crippen LogP contribution in [0.25, 0.3) is 27.9 Å². The summed E-state index contributed by atoms with van der Waals surface area (Å²) in [4.78, 5) is 9.03. The Labute approximate surface area is 244 Å².